The van der Waals surface area contributed by atoms with E-state index >= 15 is 0 Å². The summed E-state index contributed by atoms with van der Waals surface area (Å²) in [5.74, 6) is 2.06. The van der Waals surface area contributed by atoms with Crippen LogP contribution >= 0.6 is 22.7 Å². The van der Waals surface area contributed by atoms with E-state index in [-0.39, 0.29) is 21.1 Å². The van der Waals surface area contributed by atoms with Crippen LogP contribution < -0.4 is 14.5 Å². The summed E-state index contributed by atoms with van der Waals surface area (Å²) in [5, 5.41) is 4.83. The summed E-state index contributed by atoms with van der Waals surface area (Å²) >= 11 is 3.55. The van der Waals surface area contributed by atoms with Gasteiger partial charge in [-0.15, -0.1) is 53.5 Å². The number of benzene rings is 8. The molecule has 0 amide bonds. The van der Waals surface area contributed by atoms with Crippen LogP contribution in [-0.4, -0.2) is 9.55 Å². The molecule has 11 aromatic rings. The molecule has 4 heterocycles. The van der Waals surface area contributed by atoms with Gasteiger partial charge in [0.15, 0.2) is 0 Å². The molecule has 0 spiro atoms. The molecule has 0 saturated heterocycles. The number of imidazole rings is 1. The first-order valence-corrected chi connectivity index (χ1v) is 21.7. The minimum atomic E-state index is 0. The van der Waals surface area contributed by atoms with Crippen molar-refractivity contribution in [3.63, 3.8) is 0 Å². The van der Waals surface area contributed by atoms with Gasteiger partial charge in [0.25, 0.3) is 0 Å². The predicted molar refractivity (Wildman–Crippen MR) is 252 cm³/mol. The largest absolute Gasteiger partial charge is 0.501 e. The Morgan fingerprint density at radius 2 is 1.26 bits per heavy atom. The second kappa shape index (κ2) is 14.7. The molecule has 0 N–H and O–H groups in total. The van der Waals surface area contributed by atoms with Crippen LogP contribution in [0.4, 0.5) is 22.7 Å². The maximum absolute atomic E-state index is 6.96. The average Bonchev–Trinajstić information content (AvgIpc) is 4.04. The molecule has 0 saturated carbocycles. The topological polar surface area (TPSA) is 33.5 Å². The molecule has 8 heteroatoms. The summed E-state index contributed by atoms with van der Waals surface area (Å²) in [4.78, 5) is 9.79. The van der Waals surface area contributed by atoms with Crippen molar-refractivity contribution in [3.05, 3.63) is 187 Å². The monoisotopic (exact) mass is 1000 g/mol. The average molecular weight is 1000 g/mol. The maximum atomic E-state index is 6.96. The van der Waals surface area contributed by atoms with Crippen molar-refractivity contribution in [2.45, 2.75) is 20.8 Å². The fourth-order valence-electron chi connectivity index (χ4n) is 9.03. The van der Waals surface area contributed by atoms with Gasteiger partial charge in [0.1, 0.15) is 0 Å². The molecule has 3 aromatic heterocycles. The normalized spacial score (nSPS) is 12.6. The van der Waals surface area contributed by atoms with Crippen LogP contribution in [0.15, 0.2) is 152 Å². The number of thiophene rings is 2. The molecule has 298 valence electrons. The summed E-state index contributed by atoms with van der Waals surface area (Å²) in [6.45, 7) is 8.70. The number of nitrogens with zero attached hydrogens (tertiary/aromatic N) is 4. The third kappa shape index (κ3) is 6.17. The van der Waals surface area contributed by atoms with E-state index in [0.717, 1.165) is 55.3 Å². The maximum Gasteiger partial charge on any atom is 0.0774 e. The zero-order chi connectivity index (χ0) is 40.1. The van der Waals surface area contributed by atoms with Crippen LogP contribution in [0, 0.1) is 39.6 Å². The molecule has 61 heavy (non-hydrogen) atoms. The van der Waals surface area contributed by atoms with Crippen molar-refractivity contribution < 1.29 is 25.8 Å². The fraction of sp³-hybridized carbons (Fsp3) is 0.0566. The number of fused-ring (bicyclic) bond motifs is 8. The number of rotatable bonds is 6. The Kier molecular flexibility index (Phi) is 9.12. The number of hydrogen-bond donors (Lipinski definition) is 0. The van der Waals surface area contributed by atoms with Gasteiger partial charge in [-0.05, 0) is 90.5 Å². The third-order valence-electron chi connectivity index (χ3n) is 11.5. The third-order valence-corrected chi connectivity index (χ3v) is 13.9. The zero-order valence-corrected chi connectivity index (χ0v) is 37.2. The van der Waals surface area contributed by atoms with E-state index in [1.165, 1.54) is 52.6 Å². The van der Waals surface area contributed by atoms with Gasteiger partial charge < -0.3 is 19.1 Å². The van der Waals surface area contributed by atoms with E-state index in [2.05, 4.69) is 187 Å². The summed E-state index contributed by atoms with van der Waals surface area (Å²) in [6, 6.07) is 61.1. The molecule has 0 aliphatic carbocycles. The molecule has 5 nitrogen and oxygen atoms in total. The number of ether oxygens (including phenoxy) is 1. The molecule has 0 atom stereocenters. The van der Waals surface area contributed by atoms with Gasteiger partial charge >= 0.3 is 0 Å². The molecule has 0 radical (unpaired) electrons. The van der Waals surface area contributed by atoms with Gasteiger partial charge in [0.05, 0.1) is 22.6 Å². The van der Waals surface area contributed by atoms with E-state index in [4.69, 9.17) is 9.72 Å². The summed E-state index contributed by atoms with van der Waals surface area (Å²) < 4.78 is 14.0. The van der Waals surface area contributed by atoms with Crippen LogP contribution in [0.2, 0.25) is 0 Å². The van der Waals surface area contributed by atoms with E-state index in [1.54, 1.807) is 11.3 Å². The zero-order valence-electron chi connectivity index (χ0n) is 33.3. The van der Waals surface area contributed by atoms with Crippen molar-refractivity contribution in [1.82, 2.24) is 9.55 Å². The second-order valence-corrected chi connectivity index (χ2v) is 17.6. The first-order chi connectivity index (χ1) is 29.4. The van der Waals surface area contributed by atoms with Gasteiger partial charge in [-0.25, -0.2) is 0 Å². The number of anilines is 4. The molecular formula is C53H35N4OPtS2-3. The Labute approximate surface area is 376 Å². The van der Waals surface area contributed by atoms with Gasteiger partial charge in [-0.1, -0.05) is 95.9 Å². The van der Waals surface area contributed by atoms with Crippen molar-refractivity contribution in [2.75, 3.05) is 9.80 Å². The number of aryl methyl sites for hydroxylation is 3. The van der Waals surface area contributed by atoms with Crippen molar-refractivity contribution in [2.24, 2.45) is 0 Å². The van der Waals surface area contributed by atoms with E-state index in [0.29, 0.717) is 11.5 Å². The molecule has 8 aromatic carbocycles. The molecule has 0 bridgehead atoms. The van der Waals surface area contributed by atoms with Crippen molar-refractivity contribution >= 4 is 96.8 Å². The van der Waals surface area contributed by atoms with Gasteiger partial charge in [0.2, 0.25) is 0 Å². The van der Waals surface area contributed by atoms with E-state index in [1.807, 2.05) is 29.5 Å². The Bertz CT molecular complexity index is 3510. The van der Waals surface area contributed by atoms with E-state index < -0.39 is 0 Å². The van der Waals surface area contributed by atoms with Crippen molar-refractivity contribution in [1.29, 1.82) is 0 Å². The molecule has 1 aliphatic rings. The summed E-state index contributed by atoms with van der Waals surface area (Å²) in [6.07, 6.45) is 0. The smallest absolute Gasteiger partial charge is 0.0774 e. The number of aromatic nitrogens is 2. The Balaban J connectivity index is 0.00000420. The predicted octanol–water partition coefficient (Wildman–Crippen LogP) is 15.2. The quantitative estimate of drug-likeness (QED) is 0.155. The van der Waals surface area contributed by atoms with Crippen LogP contribution in [0.5, 0.6) is 11.5 Å². The fourth-order valence-corrected chi connectivity index (χ4v) is 11.3. The first kappa shape index (κ1) is 37.7. The van der Waals surface area contributed by atoms with Crippen LogP contribution in [0.25, 0.3) is 68.5 Å². The minimum Gasteiger partial charge on any atom is -0.501 e. The van der Waals surface area contributed by atoms with Crippen molar-refractivity contribution in [3.8, 4) is 28.6 Å². The standard InChI is InChI=1S/C53H35N4OS2.Pt/c1-32-25-33(2)51(34(3)26-32)56-31-55(45-19-8-9-20-46(45)56)36-13-12-14-38(29-36)58-47-28-35(27-42-40-16-5-11-22-49(40)60-52(42)47)53-54-43-17-6-7-18-44(43)57(53)37-23-24-41-39-15-4-10-21-48(39)59-50(41)30-37;/h4-27,30-31H,1-3H3;/q-3;. The SMILES string of the molecule is Cc1cc(C)c(N2[CH-]N(c3[c-]c(Oc4[c-]c(-c5nc6ccccc6n5-c5ccc6c(c5)sc5ccccc56)cc5c4sc4ccccc45)ccc3)c3ccccc32)c(C)c1.[Pt]. The molecule has 0 unspecified atom stereocenters. The van der Waals surface area contributed by atoms with Gasteiger partial charge in [-0.2, -0.15) is 17.4 Å². The summed E-state index contributed by atoms with van der Waals surface area (Å²) in [7, 11) is 0. The number of para-hydroxylation sites is 4. The Hall–Kier alpha value is -6.24. The first-order valence-electron chi connectivity index (χ1n) is 20.0. The number of hydrogen-bond acceptors (Lipinski definition) is 6. The minimum absolute atomic E-state index is 0. The summed E-state index contributed by atoms with van der Waals surface area (Å²) in [5.41, 5.74) is 11.9. The second-order valence-electron chi connectivity index (χ2n) is 15.5. The van der Waals surface area contributed by atoms with Gasteiger partial charge in [-0.3, -0.25) is 4.98 Å². The molecule has 12 rings (SSSR count). The molecule has 1 aliphatic heterocycles. The Morgan fingerprint density at radius 3 is 2.07 bits per heavy atom. The van der Waals surface area contributed by atoms with Crippen LogP contribution in [0.1, 0.15) is 16.7 Å². The molecule has 0 fully saturated rings. The van der Waals surface area contributed by atoms with E-state index in [9.17, 15) is 0 Å². The van der Waals surface area contributed by atoms with Crippen LogP contribution in [-0.2, 0) is 21.1 Å². The van der Waals surface area contributed by atoms with Crippen LogP contribution in [0.3, 0.4) is 0 Å². The van der Waals surface area contributed by atoms with Gasteiger partial charge in [0, 0.05) is 74.4 Å². The molecular weight excluding hydrogens is 968 g/mol. The Morgan fingerprint density at radius 1 is 0.590 bits per heavy atom.